The minimum atomic E-state index is -0.893. The van der Waals surface area contributed by atoms with Crippen LogP contribution in [0.2, 0.25) is 0 Å². The maximum Gasteiger partial charge on any atom is 0.242 e. The van der Waals surface area contributed by atoms with Gasteiger partial charge in [-0.05, 0) is 96.7 Å². The van der Waals surface area contributed by atoms with Gasteiger partial charge >= 0.3 is 0 Å². The Kier molecular flexibility index (Phi) is 5.30. The number of benzene rings is 2. The number of aromatic nitrogens is 2. The molecule has 6 heteroatoms. The third kappa shape index (κ3) is 3.48. The topological polar surface area (TPSA) is 83.8 Å². The van der Waals surface area contributed by atoms with E-state index < -0.39 is 5.54 Å². The minimum Gasteiger partial charge on any atom is -0.368 e. The first-order valence-electron chi connectivity index (χ1n) is 12.0. The molecule has 2 heterocycles. The number of halogens is 1. The molecule has 2 aliphatic carbocycles. The van der Waals surface area contributed by atoms with Crippen LogP contribution in [0.1, 0.15) is 54.0 Å². The van der Waals surface area contributed by atoms with Crippen LogP contribution in [-0.4, -0.2) is 15.9 Å². The highest BCUT2D eigenvalue weighted by Gasteiger charge is 2.44. The number of nitrogens with two attached hydrogens (primary N) is 1. The number of carbonyl (C=O) groups excluding carboxylic acids is 1. The summed E-state index contributed by atoms with van der Waals surface area (Å²) in [5.74, 6) is -0.298. The van der Waals surface area contributed by atoms with Crippen molar-refractivity contribution in [1.82, 2.24) is 15.3 Å². The number of rotatable bonds is 4. The van der Waals surface area contributed by atoms with Gasteiger partial charge in [0.05, 0.1) is 0 Å². The number of primary amides is 1. The summed E-state index contributed by atoms with van der Waals surface area (Å²) >= 11 is 3.64. The summed E-state index contributed by atoms with van der Waals surface area (Å²) in [5.41, 5.74) is 13.2. The summed E-state index contributed by atoms with van der Waals surface area (Å²) in [6, 6.07) is 17.1. The van der Waals surface area contributed by atoms with Gasteiger partial charge in [0.1, 0.15) is 11.2 Å². The van der Waals surface area contributed by atoms with Crippen molar-refractivity contribution in [2.45, 2.75) is 50.1 Å². The highest BCUT2D eigenvalue weighted by molar-refractivity contribution is 9.10. The van der Waals surface area contributed by atoms with Crippen molar-refractivity contribution in [3.63, 3.8) is 0 Å². The number of carbonyl (C=O) groups is 1. The second-order valence-electron chi connectivity index (χ2n) is 9.53. The molecule has 6 rings (SSSR count). The molecule has 0 bridgehead atoms. The number of hydrogen-bond acceptors (Lipinski definition) is 3. The SMILES string of the molecule is NC(=O)C1(NC2CCCc3ccc(Br)cc32)CCCc2ccc(-c3c[nH]c4ncccc34)cc21. The van der Waals surface area contributed by atoms with Crippen LogP contribution in [0.25, 0.3) is 22.2 Å². The minimum absolute atomic E-state index is 0.0839. The molecule has 2 aromatic heterocycles. The van der Waals surface area contributed by atoms with Crippen molar-refractivity contribution in [2.75, 3.05) is 0 Å². The Labute approximate surface area is 207 Å². The first kappa shape index (κ1) is 21.6. The van der Waals surface area contributed by atoms with Crippen LogP contribution in [0.5, 0.6) is 0 Å². The van der Waals surface area contributed by atoms with Gasteiger partial charge < -0.3 is 10.7 Å². The summed E-state index contributed by atoms with van der Waals surface area (Å²) < 4.78 is 1.06. The van der Waals surface area contributed by atoms with E-state index in [1.54, 1.807) is 6.20 Å². The van der Waals surface area contributed by atoms with Crippen LogP contribution < -0.4 is 11.1 Å². The van der Waals surface area contributed by atoms with Crippen molar-refractivity contribution < 1.29 is 4.79 Å². The van der Waals surface area contributed by atoms with Crippen molar-refractivity contribution in [3.05, 3.63) is 87.7 Å². The second kappa shape index (κ2) is 8.36. The van der Waals surface area contributed by atoms with E-state index in [2.05, 4.69) is 73.7 Å². The van der Waals surface area contributed by atoms with E-state index in [0.29, 0.717) is 6.42 Å². The molecule has 34 heavy (non-hydrogen) atoms. The Morgan fingerprint density at radius 3 is 2.85 bits per heavy atom. The fourth-order valence-corrected chi connectivity index (χ4v) is 6.31. The highest BCUT2D eigenvalue weighted by Crippen LogP contribution is 2.42. The van der Waals surface area contributed by atoms with Crippen LogP contribution in [-0.2, 0) is 23.2 Å². The molecule has 0 radical (unpaired) electrons. The van der Waals surface area contributed by atoms with Gasteiger partial charge in [0.2, 0.25) is 5.91 Å². The normalized spacial score (nSPS) is 21.7. The number of aryl methyl sites for hydroxylation is 2. The molecule has 2 atom stereocenters. The van der Waals surface area contributed by atoms with Gasteiger partial charge in [-0.3, -0.25) is 10.1 Å². The van der Waals surface area contributed by atoms with Crippen molar-refractivity contribution in [3.8, 4) is 11.1 Å². The predicted octanol–water partition coefficient (Wildman–Crippen LogP) is 5.68. The van der Waals surface area contributed by atoms with Gasteiger partial charge in [0.15, 0.2) is 0 Å². The molecule has 0 saturated carbocycles. The molecule has 4 aromatic rings. The second-order valence-corrected chi connectivity index (χ2v) is 10.4. The van der Waals surface area contributed by atoms with E-state index in [-0.39, 0.29) is 11.9 Å². The van der Waals surface area contributed by atoms with Gasteiger partial charge in [-0.25, -0.2) is 4.98 Å². The fraction of sp³-hybridized carbons (Fsp3) is 0.286. The van der Waals surface area contributed by atoms with Gasteiger partial charge in [-0.1, -0.05) is 34.1 Å². The molecule has 0 fully saturated rings. The Morgan fingerprint density at radius 2 is 1.97 bits per heavy atom. The van der Waals surface area contributed by atoms with Gasteiger partial charge in [0, 0.05) is 33.9 Å². The third-order valence-corrected chi connectivity index (χ3v) is 8.09. The number of amides is 1. The lowest BCUT2D eigenvalue weighted by Gasteiger charge is -2.42. The lowest BCUT2D eigenvalue weighted by molar-refractivity contribution is -0.126. The smallest absolute Gasteiger partial charge is 0.242 e. The van der Waals surface area contributed by atoms with Crippen molar-refractivity contribution in [1.29, 1.82) is 0 Å². The molecular weight excluding hydrogens is 488 g/mol. The lowest BCUT2D eigenvalue weighted by atomic mass is 9.73. The zero-order valence-corrected chi connectivity index (χ0v) is 20.5. The first-order valence-corrected chi connectivity index (χ1v) is 12.8. The molecule has 0 spiro atoms. The first-order chi connectivity index (χ1) is 16.5. The number of nitrogens with one attached hydrogen (secondary N) is 2. The Hall–Kier alpha value is -2.96. The fourth-order valence-electron chi connectivity index (χ4n) is 5.93. The number of nitrogens with zero attached hydrogens (tertiary/aromatic N) is 1. The largest absolute Gasteiger partial charge is 0.368 e. The zero-order valence-electron chi connectivity index (χ0n) is 18.9. The predicted molar refractivity (Wildman–Crippen MR) is 138 cm³/mol. The van der Waals surface area contributed by atoms with Gasteiger partial charge in [-0.15, -0.1) is 0 Å². The third-order valence-electron chi connectivity index (χ3n) is 7.59. The number of H-pyrrole nitrogens is 1. The molecular formula is C28H27BrN4O. The van der Waals surface area contributed by atoms with Gasteiger partial charge in [-0.2, -0.15) is 0 Å². The molecule has 2 unspecified atom stereocenters. The maximum absolute atomic E-state index is 13.2. The summed E-state index contributed by atoms with van der Waals surface area (Å²) in [5, 5.41) is 4.88. The molecule has 0 saturated heterocycles. The summed E-state index contributed by atoms with van der Waals surface area (Å²) in [6.07, 6.45) is 9.52. The van der Waals surface area contributed by atoms with E-state index >= 15 is 0 Å². The Bertz CT molecular complexity index is 1410. The van der Waals surface area contributed by atoms with E-state index in [9.17, 15) is 4.79 Å². The number of aromatic amines is 1. The quantitative estimate of drug-likeness (QED) is 0.327. The Balaban J connectivity index is 1.46. The number of hydrogen-bond donors (Lipinski definition) is 3. The molecule has 1 amide bonds. The van der Waals surface area contributed by atoms with E-state index in [4.69, 9.17) is 5.73 Å². The number of fused-ring (bicyclic) bond motifs is 3. The molecule has 172 valence electrons. The molecule has 5 nitrogen and oxygen atoms in total. The van der Waals surface area contributed by atoms with Crippen molar-refractivity contribution in [2.24, 2.45) is 5.73 Å². The van der Waals surface area contributed by atoms with E-state index in [1.807, 2.05) is 12.3 Å². The Morgan fingerprint density at radius 1 is 1.12 bits per heavy atom. The number of pyridine rings is 1. The van der Waals surface area contributed by atoms with E-state index in [1.165, 1.54) is 16.7 Å². The van der Waals surface area contributed by atoms with Crippen LogP contribution in [0.15, 0.2) is 65.4 Å². The lowest BCUT2D eigenvalue weighted by Crippen LogP contribution is -2.55. The van der Waals surface area contributed by atoms with Crippen LogP contribution in [0, 0.1) is 0 Å². The monoisotopic (exact) mass is 514 g/mol. The summed E-state index contributed by atoms with van der Waals surface area (Å²) in [7, 11) is 0. The van der Waals surface area contributed by atoms with E-state index in [0.717, 1.165) is 64.3 Å². The summed E-state index contributed by atoms with van der Waals surface area (Å²) in [4.78, 5) is 20.9. The molecule has 4 N–H and O–H groups in total. The average Bonchev–Trinajstić information content (AvgIpc) is 3.28. The maximum atomic E-state index is 13.2. The van der Waals surface area contributed by atoms with Crippen LogP contribution in [0.3, 0.4) is 0 Å². The van der Waals surface area contributed by atoms with Gasteiger partial charge in [0.25, 0.3) is 0 Å². The highest BCUT2D eigenvalue weighted by atomic mass is 79.9. The molecule has 2 aromatic carbocycles. The molecule has 2 aliphatic rings. The molecule has 0 aliphatic heterocycles. The average molecular weight is 515 g/mol. The summed E-state index contributed by atoms with van der Waals surface area (Å²) in [6.45, 7) is 0. The standard InChI is InChI=1S/C28H27BrN4O/c29-20-11-10-17-4-1-7-25(22(17)15-20)33-28(27(30)34)12-2-5-18-8-9-19(14-24(18)28)23-16-32-26-21(23)6-3-13-31-26/h3,6,8-11,13-16,25,33H,1-2,4-5,7,12H2,(H2,30,34)(H,31,32). The zero-order chi connectivity index (χ0) is 23.3. The van der Waals surface area contributed by atoms with Crippen molar-refractivity contribution >= 4 is 32.9 Å². The van der Waals surface area contributed by atoms with Crippen LogP contribution in [0.4, 0.5) is 0 Å². The van der Waals surface area contributed by atoms with Crippen LogP contribution >= 0.6 is 15.9 Å².